The lowest BCUT2D eigenvalue weighted by Gasteiger charge is -2.13. The van der Waals surface area contributed by atoms with E-state index in [1.54, 1.807) is 12.1 Å². The van der Waals surface area contributed by atoms with Gasteiger partial charge in [0, 0.05) is 17.3 Å². The van der Waals surface area contributed by atoms with Crippen LogP contribution in [-0.4, -0.2) is 36.9 Å². The first-order valence-corrected chi connectivity index (χ1v) is 12.1. The molecule has 2 aromatic heterocycles. The SMILES string of the molecule is CS(=O)(=O)NC(=O)c1c(-c2ccc[nH]c2=O)c2c3c(ccc2n1Cc1cc(F)ccc1F)OCO3. The fraction of sp³-hybridized carbons (Fsp3) is 0.130. The highest BCUT2D eigenvalue weighted by Crippen LogP contribution is 2.46. The number of aromatic amines is 1. The average molecular weight is 501 g/mol. The van der Waals surface area contributed by atoms with Gasteiger partial charge in [-0.05, 0) is 42.5 Å². The lowest BCUT2D eigenvalue weighted by molar-refractivity contribution is 0.0974. The number of benzene rings is 2. The zero-order chi connectivity index (χ0) is 24.9. The molecule has 0 saturated carbocycles. The van der Waals surface area contributed by atoms with Crippen LogP contribution in [0.2, 0.25) is 0 Å². The van der Waals surface area contributed by atoms with E-state index in [-0.39, 0.29) is 46.9 Å². The fourth-order valence-electron chi connectivity index (χ4n) is 4.13. The van der Waals surface area contributed by atoms with Gasteiger partial charge >= 0.3 is 0 Å². The zero-order valence-electron chi connectivity index (χ0n) is 18.1. The van der Waals surface area contributed by atoms with Crippen molar-refractivity contribution in [2.75, 3.05) is 13.0 Å². The second-order valence-corrected chi connectivity index (χ2v) is 9.60. The van der Waals surface area contributed by atoms with E-state index < -0.39 is 33.1 Å². The number of H-pyrrole nitrogens is 1. The third-order valence-electron chi connectivity index (χ3n) is 5.48. The summed E-state index contributed by atoms with van der Waals surface area (Å²) in [5.41, 5.74) is -0.500. The summed E-state index contributed by atoms with van der Waals surface area (Å²) in [6, 6.07) is 9.00. The Kier molecular flexibility index (Phi) is 5.32. The van der Waals surface area contributed by atoms with Gasteiger partial charge < -0.3 is 19.0 Å². The van der Waals surface area contributed by atoms with Gasteiger partial charge in [0.25, 0.3) is 11.5 Å². The predicted octanol–water partition coefficient (Wildman–Crippen LogP) is 2.74. The third-order valence-corrected chi connectivity index (χ3v) is 6.04. The minimum absolute atomic E-state index is 0.0403. The summed E-state index contributed by atoms with van der Waals surface area (Å²) in [6.45, 7) is -0.468. The summed E-state index contributed by atoms with van der Waals surface area (Å²) >= 11 is 0. The molecule has 0 bridgehead atoms. The van der Waals surface area contributed by atoms with Crippen LogP contribution < -0.4 is 19.8 Å². The predicted molar refractivity (Wildman–Crippen MR) is 122 cm³/mol. The quantitative estimate of drug-likeness (QED) is 0.434. The highest BCUT2D eigenvalue weighted by Gasteiger charge is 2.32. The number of hydrogen-bond acceptors (Lipinski definition) is 6. The molecule has 2 aromatic carbocycles. The van der Waals surface area contributed by atoms with E-state index in [0.717, 1.165) is 24.5 Å². The zero-order valence-corrected chi connectivity index (χ0v) is 18.9. The van der Waals surface area contributed by atoms with Crippen molar-refractivity contribution in [1.82, 2.24) is 14.3 Å². The van der Waals surface area contributed by atoms with Gasteiger partial charge in [0.15, 0.2) is 11.5 Å². The molecule has 12 heteroatoms. The topological polar surface area (TPSA) is 119 Å². The van der Waals surface area contributed by atoms with Crippen molar-refractivity contribution in [2.24, 2.45) is 0 Å². The maximum Gasteiger partial charge on any atom is 0.282 e. The first-order chi connectivity index (χ1) is 16.6. The van der Waals surface area contributed by atoms with Crippen LogP contribution in [-0.2, 0) is 16.6 Å². The van der Waals surface area contributed by atoms with E-state index in [0.29, 0.717) is 11.3 Å². The molecule has 0 spiro atoms. The molecule has 1 aliphatic heterocycles. The molecule has 0 atom stereocenters. The smallest absolute Gasteiger partial charge is 0.282 e. The van der Waals surface area contributed by atoms with Gasteiger partial charge in [0.2, 0.25) is 16.8 Å². The van der Waals surface area contributed by atoms with Crippen LogP contribution in [0.1, 0.15) is 16.1 Å². The number of ether oxygens (including phenoxy) is 2. The largest absolute Gasteiger partial charge is 0.454 e. The highest BCUT2D eigenvalue weighted by molar-refractivity contribution is 7.89. The Morgan fingerprint density at radius 1 is 1.17 bits per heavy atom. The number of carbonyl (C=O) groups excluding carboxylic acids is 1. The number of rotatable bonds is 5. The molecule has 3 heterocycles. The second-order valence-electron chi connectivity index (χ2n) is 7.86. The number of fused-ring (bicyclic) bond motifs is 3. The number of hydrogen-bond donors (Lipinski definition) is 2. The molecule has 1 aliphatic rings. The summed E-state index contributed by atoms with van der Waals surface area (Å²) in [4.78, 5) is 28.7. The van der Waals surface area contributed by atoms with E-state index in [1.165, 1.54) is 22.9 Å². The van der Waals surface area contributed by atoms with Gasteiger partial charge in [0.05, 0.1) is 29.3 Å². The molecule has 9 nitrogen and oxygen atoms in total. The molecule has 0 aliphatic carbocycles. The van der Waals surface area contributed by atoms with E-state index >= 15 is 0 Å². The van der Waals surface area contributed by atoms with Crippen molar-refractivity contribution in [3.05, 3.63) is 81.9 Å². The van der Waals surface area contributed by atoms with Crippen LogP contribution >= 0.6 is 0 Å². The minimum atomic E-state index is -4.02. The summed E-state index contributed by atoms with van der Waals surface area (Å²) < 4.78 is 66.7. The van der Waals surface area contributed by atoms with Gasteiger partial charge in [-0.25, -0.2) is 21.9 Å². The third kappa shape index (κ3) is 4.01. The maximum absolute atomic E-state index is 14.6. The summed E-state index contributed by atoms with van der Waals surface area (Å²) in [5.74, 6) is -1.92. The van der Waals surface area contributed by atoms with Crippen LogP contribution in [0.4, 0.5) is 8.78 Å². The molecule has 0 saturated heterocycles. The minimum Gasteiger partial charge on any atom is -0.454 e. The van der Waals surface area contributed by atoms with Gasteiger partial charge in [0.1, 0.15) is 17.3 Å². The molecular weight excluding hydrogens is 484 g/mol. The van der Waals surface area contributed by atoms with E-state index in [1.807, 2.05) is 4.72 Å². The molecule has 0 radical (unpaired) electrons. The number of pyridine rings is 1. The Balaban J connectivity index is 1.90. The fourth-order valence-corrected chi connectivity index (χ4v) is 4.57. The Bertz CT molecular complexity index is 1680. The second kappa shape index (κ2) is 8.24. The Labute approximate surface area is 197 Å². The lowest BCUT2D eigenvalue weighted by Crippen LogP contribution is -2.32. The van der Waals surface area contributed by atoms with Crippen LogP contribution in [0.25, 0.3) is 22.0 Å². The van der Waals surface area contributed by atoms with Gasteiger partial charge in [-0.1, -0.05) is 0 Å². The van der Waals surface area contributed by atoms with Gasteiger partial charge in [-0.3, -0.25) is 9.59 Å². The van der Waals surface area contributed by atoms with Crippen molar-refractivity contribution >= 4 is 26.8 Å². The van der Waals surface area contributed by atoms with Crippen LogP contribution in [0, 0.1) is 11.6 Å². The Morgan fingerprint density at radius 3 is 2.71 bits per heavy atom. The monoisotopic (exact) mass is 501 g/mol. The number of halogens is 2. The molecule has 1 amide bonds. The molecule has 0 fully saturated rings. The number of aromatic nitrogens is 2. The number of amides is 1. The van der Waals surface area contributed by atoms with E-state index in [4.69, 9.17) is 9.47 Å². The normalized spacial score (nSPS) is 12.8. The lowest BCUT2D eigenvalue weighted by atomic mass is 10.0. The standard InChI is InChI=1S/C23H17F2N3O6S/c1-35(31,32)27-23(30)20-18(14-3-2-8-26-22(14)29)19-16(6-7-17-21(19)34-11-33-17)28(20)10-12-9-13(24)4-5-15(12)25/h2-9H,10-11H2,1H3,(H,26,29)(H,27,30). The number of nitrogens with zero attached hydrogens (tertiary/aromatic N) is 1. The molecule has 180 valence electrons. The van der Waals surface area contributed by atoms with Gasteiger partial charge in [-0.15, -0.1) is 0 Å². The molecule has 35 heavy (non-hydrogen) atoms. The summed E-state index contributed by atoms with van der Waals surface area (Å²) in [5, 5.41) is 0.284. The Hall–Kier alpha value is -4.19. The average Bonchev–Trinajstić information content (AvgIpc) is 3.38. The van der Waals surface area contributed by atoms with Crippen molar-refractivity contribution in [1.29, 1.82) is 0 Å². The molecule has 2 N–H and O–H groups in total. The highest BCUT2D eigenvalue weighted by atomic mass is 32.2. The maximum atomic E-state index is 14.6. The van der Waals surface area contributed by atoms with Crippen LogP contribution in [0.15, 0.2) is 53.5 Å². The van der Waals surface area contributed by atoms with E-state index in [9.17, 15) is 26.8 Å². The molecule has 0 unspecified atom stereocenters. The van der Waals surface area contributed by atoms with Crippen molar-refractivity contribution < 1.29 is 31.5 Å². The van der Waals surface area contributed by atoms with E-state index in [2.05, 4.69) is 4.98 Å². The van der Waals surface area contributed by atoms with Crippen molar-refractivity contribution in [3.63, 3.8) is 0 Å². The first kappa shape index (κ1) is 22.6. The first-order valence-electron chi connectivity index (χ1n) is 10.2. The molecule has 4 aromatic rings. The molecule has 5 rings (SSSR count). The number of sulfonamides is 1. The number of nitrogens with one attached hydrogen (secondary N) is 2. The van der Waals surface area contributed by atoms with Crippen LogP contribution in [0.5, 0.6) is 11.5 Å². The molecular formula is C23H17F2N3O6S. The van der Waals surface area contributed by atoms with Crippen molar-refractivity contribution in [3.8, 4) is 22.6 Å². The Morgan fingerprint density at radius 2 is 1.97 bits per heavy atom. The van der Waals surface area contributed by atoms with Crippen LogP contribution in [0.3, 0.4) is 0 Å². The summed E-state index contributed by atoms with van der Waals surface area (Å²) in [6.07, 6.45) is 2.20. The van der Waals surface area contributed by atoms with Gasteiger partial charge in [-0.2, -0.15) is 0 Å². The summed E-state index contributed by atoms with van der Waals surface area (Å²) in [7, 11) is -4.02. The number of carbonyl (C=O) groups is 1. The van der Waals surface area contributed by atoms with Crippen molar-refractivity contribution in [2.45, 2.75) is 6.54 Å².